The van der Waals surface area contributed by atoms with Crippen LogP contribution in [0, 0.1) is 11.3 Å². The Morgan fingerprint density at radius 1 is 1.32 bits per heavy atom. The summed E-state index contributed by atoms with van der Waals surface area (Å²) < 4.78 is 10.1. The zero-order chi connectivity index (χ0) is 16.1. The van der Waals surface area contributed by atoms with Gasteiger partial charge in [-0.2, -0.15) is 5.26 Å². The summed E-state index contributed by atoms with van der Waals surface area (Å²) in [5, 5.41) is 12.3. The lowest BCUT2D eigenvalue weighted by Gasteiger charge is -2.05. The van der Waals surface area contributed by atoms with E-state index in [1.165, 1.54) is 19.3 Å². The number of nitrogens with zero attached hydrogens (tertiary/aromatic N) is 1. The molecule has 0 aliphatic heterocycles. The van der Waals surface area contributed by atoms with Gasteiger partial charge in [0, 0.05) is 17.8 Å². The van der Waals surface area contributed by atoms with E-state index in [4.69, 9.17) is 37.6 Å². The van der Waals surface area contributed by atoms with Crippen molar-refractivity contribution in [3.8, 4) is 12.0 Å². The zero-order valence-electron chi connectivity index (χ0n) is 11.4. The molecule has 1 heterocycles. The van der Waals surface area contributed by atoms with E-state index in [0.717, 1.165) is 0 Å². The van der Waals surface area contributed by atoms with E-state index in [1.54, 1.807) is 24.3 Å². The lowest BCUT2D eigenvalue weighted by molar-refractivity contribution is -0.112. The number of hydrogen-bond acceptors (Lipinski definition) is 4. The Hall–Kier alpha value is -2.42. The lowest BCUT2D eigenvalue weighted by atomic mass is 10.2. The SMILES string of the molecule is COc1ccc(/C=C(\C#N)C(=O)Nc2ccc(Cl)c(Cl)c2)o1. The van der Waals surface area contributed by atoms with Crippen LogP contribution in [0.2, 0.25) is 10.0 Å². The molecular weight excluding hydrogens is 327 g/mol. The molecule has 1 aromatic heterocycles. The molecule has 112 valence electrons. The van der Waals surface area contributed by atoms with Gasteiger partial charge in [0.15, 0.2) is 0 Å². The first-order valence-corrected chi connectivity index (χ1v) is 6.81. The van der Waals surface area contributed by atoms with Gasteiger partial charge in [-0.25, -0.2) is 0 Å². The number of halogens is 2. The molecule has 5 nitrogen and oxygen atoms in total. The van der Waals surface area contributed by atoms with Crippen molar-refractivity contribution in [1.82, 2.24) is 0 Å². The molecule has 0 bridgehead atoms. The molecule has 0 saturated carbocycles. The first-order valence-electron chi connectivity index (χ1n) is 6.05. The minimum atomic E-state index is -0.587. The molecule has 0 aliphatic carbocycles. The minimum absolute atomic E-state index is 0.122. The van der Waals surface area contributed by atoms with Crippen molar-refractivity contribution in [3.05, 3.63) is 51.7 Å². The Kier molecular flexibility index (Phi) is 5.10. The summed E-state index contributed by atoms with van der Waals surface area (Å²) in [7, 11) is 1.45. The van der Waals surface area contributed by atoms with Crippen molar-refractivity contribution in [2.45, 2.75) is 0 Å². The number of carbonyl (C=O) groups excluding carboxylic acids is 1. The normalized spacial score (nSPS) is 10.9. The number of nitrogens with one attached hydrogen (secondary N) is 1. The molecule has 22 heavy (non-hydrogen) atoms. The number of nitriles is 1. The van der Waals surface area contributed by atoms with Gasteiger partial charge in [0.05, 0.1) is 17.2 Å². The second-order valence-corrected chi connectivity index (χ2v) is 4.93. The first kappa shape index (κ1) is 16.0. The van der Waals surface area contributed by atoms with Crippen LogP contribution in [0.3, 0.4) is 0 Å². The second-order valence-electron chi connectivity index (χ2n) is 4.11. The molecule has 1 amide bonds. The van der Waals surface area contributed by atoms with E-state index in [2.05, 4.69) is 5.32 Å². The molecule has 0 unspecified atom stereocenters. The molecule has 0 fully saturated rings. The maximum atomic E-state index is 12.1. The van der Waals surface area contributed by atoms with Crippen LogP contribution >= 0.6 is 23.2 Å². The Morgan fingerprint density at radius 2 is 2.09 bits per heavy atom. The van der Waals surface area contributed by atoms with E-state index >= 15 is 0 Å². The van der Waals surface area contributed by atoms with Crippen LogP contribution in [0.1, 0.15) is 5.76 Å². The quantitative estimate of drug-likeness (QED) is 0.672. The fourth-order valence-electron chi connectivity index (χ4n) is 1.58. The molecule has 7 heteroatoms. The highest BCUT2D eigenvalue weighted by molar-refractivity contribution is 6.42. The number of benzene rings is 1. The minimum Gasteiger partial charge on any atom is -0.468 e. The maximum absolute atomic E-state index is 12.1. The van der Waals surface area contributed by atoms with Gasteiger partial charge in [0.1, 0.15) is 17.4 Å². The molecular formula is C15H10Cl2N2O3. The van der Waals surface area contributed by atoms with E-state index < -0.39 is 5.91 Å². The van der Waals surface area contributed by atoms with E-state index in [0.29, 0.717) is 21.5 Å². The van der Waals surface area contributed by atoms with Gasteiger partial charge in [-0.1, -0.05) is 23.2 Å². The number of rotatable bonds is 4. The van der Waals surface area contributed by atoms with E-state index in [9.17, 15) is 4.79 Å². The Morgan fingerprint density at radius 3 is 2.68 bits per heavy atom. The smallest absolute Gasteiger partial charge is 0.284 e. The number of methoxy groups -OCH3 is 1. The second kappa shape index (κ2) is 7.03. The van der Waals surface area contributed by atoms with E-state index in [-0.39, 0.29) is 11.5 Å². The Labute approximate surface area is 136 Å². The third kappa shape index (κ3) is 3.82. The third-order valence-electron chi connectivity index (χ3n) is 2.63. The molecule has 2 aromatic rings. The summed E-state index contributed by atoms with van der Waals surface area (Å²) in [5.74, 6) is 0.0300. The van der Waals surface area contributed by atoms with Crippen LogP contribution in [0.25, 0.3) is 6.08 Å². The average Bonchev–Trinajstić information content (AvgIpc) is 2.96. The van der Waals surface area contributed by atoms with Crippen LogP contribution in [-0.2, 0) is 4.79 Å². The first-order chi connectivity index (χ1) is 10.5. The van der Waals surface area contributed by atoms with Gasteiger partial charge < -0.3 is 14.5 Å². The van der Waals surface area contributed by atoms with Gasteiger partial charge in [-0.15, -0.1) is 0 Å². The number of carbonyl (C=O) groups is 1. The lowest BCUT2D eigenvalue weighted by Crippen LogP contribution is -2.13. The van der Waals surface area contributed by atoms with Crippen LogP contribution in [-0.4, -0.2) is 13.0 Å². The fourth-order valence-corrected chi connectivity index (χ4v) is 1.88. The summed E-state index contributed by atoms with van der Waals surface area (Å²) in [5.41, 5.74) is 0.306. The molecule has 2 rings (SSSR count). The van der Waals surface area contributed by atoms with Crippen molar-refractivity contribution in [2.24, 2.45) is 0 Å². The molecule has 0 saturated heterocycles. The number of ether oxygens (including phenoxy) is 1. The van der Waals surface area contributed by atoms with Gasteiger partial charge in [0.2, 0.25) is 0 Å². The number of amides is 1. The van der Waals surface area contributed by atoms with Crippen LogP contribution in [0.15, 0.2) is 40.3 Å². The zero-order valence-corrected chi connectivity index (χ0v) is 12.9. The van der Waals surface area contributed by atoms with Crippen molar-refractivity contribution >= 4 is 40.9 Å². The van der Waals surface area contributed by atoms with Crippen LogP contribution in [0.5, 0.6) is 5.95 Å². The molecule has 0 spiro atoms. The Balaban J connectivity index is 2.18. The summed E-state index contributed by atoms with van der Waals surface area (Å²) in [6.45, 7) is 0. The third-order valence-corrected chi connectivity index (χ3v) is 3.37. The van der Waals surface area contributed by atoms with Gasteiger partial charge in [-0.05, 0) is 24.3 Å². The fraction of sp³-hybridized carbons (Fsp3) is 0.0667. The molecule has 0 radical (unpaired) electrons. The summed E-state index contributed by atoms with van der Waals surface area (Å²) in [6.07, 6.45) is 1.31. The van der Waals surface area contributed by atoms with E-state index in [1.807, 2.05) is 6.07 Å². The number of furan rings is 1. The highest BCUT2D eigenvalue weighted by atomic mass is 35.5. The average molecular weight is 337 g/mol. The summed E-state index contributed by atoms with van der Waals surface area (Å²) in [6, 6.07) is 9.60. The largest absolute Gasteiger partial charge is 0.468 e. The van der Waals surface area contributed by atoms with Gasteiger partial charge in [0.25, 0.3) is 11.9 Å². The molecule has 1 aromatic carbocycles. The highest BCUT2D eigenvalue weighted by Crippen LogP contribution is 2.25. The Bertz CT molecular complexity index is 775. The summed E-state index contributed by atoms with van der Waals surface area (Å²) in [4.78, 5) is 12.1. The van der Waals surface area contributed by atoms with Crippen molar-refractivity contribution in [3.63, 3.8) is 0 Å². The highest BCUT2D eigenvalue weighted by Gasteiger charge is 2.12. The summed E-state index contributed by atoms with van der Waals surface area (Å²) >= 11 is 11.7. The topological polar surface area (TPSA) is 75.3 Å². The van der Waals surface area contributed by atoms with Crippen LogP contribution < -0.4 is 10.1 Å². The van der Waals surface area contributed by atoms with Gasteiger partial charge in [-0.3, -0.25) is 4.79 Å². The number of hydrogen-bond donors (Lipinski definition) is 1. The van der Waals surface area contributed by atoms with Crippen molar-refractivity contribution < 1.29 is 13.9 Å². The molecule has 1 N–H and O–H groups in total. The number of anilines is 1. The van der Waals surface area contributed by atoms with Crippen molar-refractivity contribution in [1.29, 1.82) is 5.26 Å². The standard InChI is InChI=1S/C15H10Cl2N2O3/c1-21-14-5-3-11(22-14)6-9(8-18)15(20)19-10-2-4-12(16)13(17)7-10/h2-7H,1H3,(H,19,20)/b9-6+. The van der Waals surface area contributed by atoms with Crippen LogP contribution in [0.4, 0.5) is 5.69 Å². The predicted molar refractivity (Wildman–Crippen MR) is 83.9 cm³/mol. The van der Waals surface area contributed by atoms with Gasteiger partial charge >= 0.3 is 0 Å². The predicted octanol–water partition coefficient (Wildman–Crippen LogP) is 4.14. The maximum Gasteiger partial charge on any atom is 0.284 e. The molecule has 0 atom stereocenters. The monoisotopic (exact) mass is 336 g/mol. The molecule has 0 aliphatic rings. The van der Waals surface area contributed by atoms with Crippen molar-refractivity contribution in [2.75, 3.05) is 12.4 Å².